The number of nitrogens with one attached hydrogen (secondary N) is 1. The summed E-state index contributed by atoms with van der Waals surface area (Å²) in [7, 11) is 0. The maximum atomic E-state index is 12.9. The molecule has 1 saturated heterocycles. The first-order chi connectivity index (χ1) is 10.8. The van der Waals surface area contributed by atoms with E-state index in [1.54, 1.807) is 6.92 Å². The molecule has 0 bridgehead atoms. The average Bonchev–Trinajstić information content (AvgIpc) is 2.97. The van der Waals surface area contributed by atoms with Crippen LogP contribution < -0.4 is 5.32 Å². The number of hydrogen-bond donors (Lipinski definition) is 1. The van der Waals surface area contributed by atoms with Gasteiger partial charge in [-0.25, -0.2) is 0 Å². The Labute approximate surface area is 130 Å². The Bertz CT molecular complexity index is 559. The van der Waals surface area contributed by atoms with Crippen LogP contribution in [0.2, 0.25) is 0 Å². The number of nitro benzene ring substituents is 1. The number of hydrogen-bond acceptors (Lipinski definition) is 5. The zero-order chi connectivity index (χ0) is 17.0. The van der Waals surface area contributed by atoms with Crippen LogP contribution in [0.4, 0.5) is 24.5 Å². The van der Waals surface area contributed by atoms with E-state index in [-0.39, 0.29) is 17.8 Å². The standard InChI is InChI=1S/C14H17F3N2O4/c1-9(7-23-11-4-5-22-8-11)18-10-2-3-13(19(20)21)12(6-10)14(15,16)17/h2-3,6,9,11,18H,4-5,7-8H2,1H3. The fourth-order valence-corrected chi connectivity index (χ4v) is 2.26. The van der Waals surface area contributed by atoms with Crippen LogP contribution in [0, 0.1) is 10.1 Å². The van der Waals surface area contributed by atoms with Crippen molar-refractivity contribution in [1.29, 1.82) is 0 Å². The zero-order valence-corrected chi connectivity index (χ0v) is 12.4. The van der Waals surface area contributed by atoms with Crippen LogP contribution in [0.5, 0.6) is 0 Å². The van der Waals surface area contributed by atoms with Crippen LogP contribution in [-0.2, 0) is 15.7 Å². The molecule has 0 amide bonds. The molecule has 9 heteroatoms. The third-order valence-corrected chi connectivity index (χ3v) is 3.38. The van der Waals surface area contributed by atoms with Crippen molar-refractivity contribution in [2.45, 2.75) is 31.7 Å². The van der Waals surface area contributed by atoms with Crippen LogP contribution in [0.15, 0.2) is 18.2 Å². The summed E-state index contributed by atoms with van der Waals surface area (Å²) in [4.78, 5) is 9.66. The molecule has 1 heterocycles. The molecule has 1 aromatic rings. The van der Waals surface area contributed by atoms with E-state index in [0.29, 0.717) is 19.8 Å². The van der Waals surface area contributed by atoms with Crippen LogP contribution in [0.3, 0.4) is 0 Å². The van der Waals surface area contributed by atoms with Crippen molar-refractivity contribution in [3.8, 4) is 0 Å². The summed E-state index contributed by atoms with van der Waals surface area (Å²) in [5.41, 5.74) is -2.08. The SMILES string of the molecule is CC(COC1CCOC1)Nc1ccc([N+](=O)[O-])c(C(F)(F)F)c1. The average molecular weight is 334 g/mol. The number of benzene rings is 1. The van der Waals surface area contributed by atoms with E-state index in [1.807, 2.05) is 0 Å². The Hall–Kier alpha value is -1.87. The molecule has 0 saturated carbocycles. The second-order valence-electron chi connectivity index (χ2n) is 5.35. The molecule has 1 N–H and O–H groups in total. The highest BCUT2D eigenvalue weighted by Gasteiger charge is 2.38. The highest BCUT2D eigenvalue weighted by atomic mass is 19.4. The van der Waals surface area contributed by atoms with Crippen LogP contribution in [0.25, 0.3) is 0 Å². The van der Waals surface area contributed by atoms with Crippen LogP contribution >= 0.6 is 0 Å². The molecule has 0 aromatic heterocycles. The molecule has 2 unspecified atom stereocenters. The second kappa shape index (κ2) is 7.14. The van der Waals surface area contributed by atoms with Gasteiger partial charge >= 0.3 is 6.18 Å². The monoisotopic (exact) mass is 334 g/mol. The molecule has 6 nitrogen and oxygen atoms in total. The largest absolute Gasteiger partial charge is 0.423 e. The maximum absolute atomic E-state index is 12.9. The first-order valence-corrected chi connectivity index (χ1v) is 7.09. The molecule has 1 aliphatic rings. The Morgan fingerprint density at radius 2 is 2.26 bits per heavy atom. The Morgan fingerprint density at radius 3 is 2.83 bits per heavy atom. The number of nitrogens with zero attached hydrogens (tertiary/aromatic N) is 1. The summed E-state index contributed by atoms with van der Waals surface area (Å²) in [6, 6.07) is 2.59. The van der Waals surface area contributed by atoms with Gasteiger partial charge in [-0.3, -0.25) is 10.1 Å². The molecule has 2 atom stereocenters. The van der Waals surface area contributed by atoms with Crippen molar-refractivity contribution < 1.29 is 27.6 Å². The second-order valence-corrected chi connectivity index (χ2v) is 5.35. The van der Waals surface area contributed by atoms with Gasteiger partial charge in [0.2, 0.25) is 0 Å². The van der Waals surface area contributed by atoms with Gasteiger partial charge in [0.1, 0.15) is 5.56 Å². The number of nitro groups is 1. The van der Waals surface area contributed by atoms with E-state index >= 15 is 0 Å². The van der Waals surface area contributed by atoms with Crippen molar-refractivity contribution in [3.05, 3.63) is 33.9 Å². The van der Waals surface area contributed by atoms with E-state index in [9.17, 15) is 23.3 Å². The van der Waals surface area contributed by atoms with E-state index < -0.39 is 22.4 Å². The van der Waals surface area contributed by atoms with Gasteiger partial charge in [0.15, 0.2) is 0 Å². The lowest BCUT2D eigenvalue weighted by molar-refractivity contribution is -0.388. The predicted octanol–water partition coefficient (Wildman–Crippen LogP) is 3.22. The number of anilines is 1. The van der Waals surface area contributed by atoms with E-state index in [1.165, 1.54) is 6.07 Å². The van der Waals surface area contributed by atoms with Gasteiger partial charge in [0.05, 0.1) is 24.2 Å². The fourth-order valence-electron chi connectivity index (χ4n) is 2.26. The number of alkyl halides is 3. The highest BCUT2D eigenvalue weighted by Crippen LogP contribution is 2.37. The molecular weight excluding hydrogens is 317 g/mol. The number of ether oxygens (including phenoxy) is 2. The van der Waals surface area contributed by atoms with Gasteiger partial charge in [-0.05, 0) is 25.5 Å². The molecule has 0 radical (unpaired) electrons. The minimum absolute atomic E-state index is 0.00171. The Kier molecular flexibility index (Phi) is 5.42. The molecule has 23 heavy (non-hydrogen) atoms. The summed E-state index contributed by atoms with van der Waals surface area (Å²) in [6.45, 7) is 3.21. The van der Waals surface area contributed by atoms with Crippen molar-refractivity contribution >= 4 is 11.4 Å². The molecular formula is C14H17F3N2O4. The van der Waals surface area contributed by atoms with Gasteiger partial charge in [-0.15, -0.1) is 0 Å². The molecule has 128 valence electrons. The van der Waals surface area contributed by atoms with Gasteiger partial charge in [0.25, 0.3) is 5.69 Å². The number of rotatable bonds is 6. The summed E-state index contributed by atoms with van der Waals surface area (Å²) in [5.74, 6) is 0. The fraction of sp³-hybridized carbons (Fsp3) is 0.571. The molecule has 1 aliphatic heterocycles. The van der Waals surface area contributed by atoms with Crippen molar-refractivity contribution in [3.63, 3.8) is 0 Å². The highest BCUT2D eigenvalue weighted by molar-refractivity contribution is 5.55. The van der Waals surface area contributed by atoms with Crippen molar-refractivity contribution in [2.24, 2.45) is 0 Å². The molecule has 0 aliphatic carbocycles. The normalized spacial score (nSPS) is 19.6. The van der Waals surface area contributed by atoms with Gasteiger partial charge < -0.3 is 14.8 Å². The maximum Gasteiger partial charge on any atom is 0.423 e. The Morgan fingerprint density at radius 1 is 1.52 bits per heavy atom. The van der Waals surface area contributed by atoms with E-state index in [0.717, 1.165) is 18.6 Å². The van der Waals surface area contributed by atoms with E-state index in [4.69, 9.17) is 9.47 Å². The van der Waals surface area contributed by atoms with Gasteiger partial charge in [0, 0.05) is 24.4 Å². The Balaban J connectivity index is 2.03. The third-order valence-electron chi connectivity index (χ3n) is 3.38. The minimum Gasteiger partial charge on any atom is -0.380 e. The van der Waals surface area contributed by atoms with Crippen molar-refractivity contribution in [2.75, 3.05) is 25.1 Å². The molecule has 0 spiro atoms. The summed E-state index contributed by atoms with van der Waals surface area (Å²) >= 11 is 0. The zero-order valence-electron chi connectivity index (χ0n) is 12.4. The van der Waals surface area contributed by atoms with Gasteiger partial charge in [-0.2, -0.15) is 13.2 Å². The van der Waals surface area contributed by atoms with Gasteiger partial charge in [-0.1, -0.05) is 0 Å². The lowest BCUT2D eigenvalue weighted by Gasteiger charge is -2.18. The lowest BCUT2D eigenvalue weighted by atomic mass is 10.1. The van der Waals surface area contributed by atoms with Crippen molar-refractivity contribution in [1.82, 2.24) is 0 Å². The third kappa shape index (κ3) is 4.80. The minimum atomic E-state index is -4.79. The first kappa shape index (κ1) is 17.5. The summed E-state index contributed by atoms with van der Waals surface area (Å²) < 4.78 is 49.5. The molecule has 1 aromatic carbocycles. The molecule has 2 rings (SSSR count). The smallest absolute Gasteiger partial charge is 0.380 e. The topological polar surface area (TPSA) is 73.6 Å². The van der Waals surface area contributed by atoms with Crippen LogP contribution in [-0.4, -0.2) is 36.9 Å². The molecule has 1 fully saturated rings. The van der Waals surface area contributed by atoms with E-state index in [2.05, 4.69) is 5.32 Å². The predicted molar refractivity (Wildman–Crippen MR) is 76.4 cm³/mol. The first-order valence-electron chi connectivity index (χ1n) is 7.09. The quantitative estimate of drug-likeness (QED) is 0.639. The van der Waals surface area contributed by atoms with Crippen LogP contribution in [0.1, 0.15) is 18.9 Å². The number of halogens is 3. The summed E-state index contributed by atoms with van der Waals surface area (Å²) in [5, 5.41) is 13.6. The summed E-state index contributed by atoms with van der Waals surface area (Å²) in [6.07, 6.45) is -3.99. The lowest BCUT2D eigenvalue weighted by Crippen LogP contribution is -2.26.